The largest absolute Gasteiger partial charge is 0.448 e. The Labute approximate surface area is 94.5 Å². The van der Waals surface area contributed by atoms with Gasteiger partial charge < -0.3 is 4.42 Å². The number of rotatable bonds is 4. The van der Waals surface area contributed by atoms with Crippen LogP contribution >= 0.6 is 0 Å². The van der Waals surface area contributed by atoms with E-state index in [2.05, 4.69) is 15.0 Å². The van der Waals surface area contributed by atoms with E-state index in [4.69, 9.17) is 9.95 Å². The topological polar surface area (TPSA) is 74.8 Å². The van der Waals surface area contributed by atoms with E-state index in [1.54, 1.807) is 6.26 Å². The third-order valence-corrected chi connectivity index (χ3v) is 3.06. The van der Waals surface area contributed by atoms with E-state index >= 15 is 0 Å². The van der Waals surface area contributed by atoms with Crippen molar-refractivity contribution in [3.05, 3.63) is 28.3 Å². The van der Waals surface area contributed by atoms with Crippen LogP contribution in [0.15, 0.2) is 15.8 Å². The maximum atomic E-state index is 8.17. The van der Waals surface area contributed by atoms with Crippen LogP contribution in [-0.2, 0) is 6.42 Å². The molecular weight excluding hydrogens is 204 g/mol. The highest BCUT2D eigenvalue weighted by Crippen LogP contribution is 2.31. The lowest BCUT2D eigenvalue weighted by Gasteiger charge is -2.17. The van der Waals surface area contributed by atoms with Crippen LogP contribution in [-0.4, -0.2) is 11.5 Å². The highest BCUT2D eigenvalue weighted by atomic mass is 16.3. The second-order valence-electron chi connectivity index (χ2n) is 4.22. The van der Waals surface area contributed by atoms with E-state index in [1.807, 2.05) is 0 Å². The molecule has 1 aromatic rings. The fourth-order valence-electron chi connectivity index (χ4n) is 2.18. The lowest BCUT2D eigenvalue weighted by molar-refractivity contribution is 0.363. The summed E-state index contributed by atoms with van der Waals surface area (Å²) in [5, 5.41) is 3.49. The molecule has 0 atom stereocenters. The second-order valence-corrected chi connectivity index (χ2v) is 4.22. The summed E-state index contributed by atoms with van der Waals surface area (Å²) in [6.45, 7) is 0.452. The Morgan fingerprint density at radius 2 is 2.25 bits per heavy atom. The molecule has 0 saturated heterocycles. The molecule has 0 amide bonds. The molecule has 0 unspecified atom stereocenters. The van der Waals surface area contributed by atoms with Gasteiger partial charge in [0.25, 0.3) is 0 Å². The first-order valence-corrected chi connectivity index (χ1v) is 5.85. The summed E-state index contributed by atoms with van der Waals surface area (Å²) >= 11 is 0. The molecule has 5 nitrogen and oxygen atoms in total. The van der Waals surface area contributed by atoms with Crippen molar-refractivity contribution in [2.45, 2.75) is 44.4 Å². The molecule has 86 valence electrons. The van der Waals surface area contributed by atoms with Crippen LogP contribution < -0.4 is 0 Å². The van der Waals surface area contributed by atoms with Gasteiger partial charge in [0.2, 0.25) is 0 Å². The zero-order chi connectivity index (χ0) is 11.2. The molecule has 1 fully saturated rings. The van der Waals surface area contributed by atoms with Crippen molar-refractivity contribution in [1.82, 2.24) is 4.98 Å². The van der Waals surface area contributed by atoms with Crippen LogP contribution in [0.5, 0.6) is 0 Å². The van der Waals surface area contributed by atoms with E-state index < -0.39 is 0 Å². The summed E-state index contributed by atoms with van der Waals surface area (Å²) < 4.78 is 5.49. The summed E-state index contributed by atoms with van der Waals surface area (Å²) in [5.74, 6) is 1.37. The number of aromatic nitrogens is 1. The van der Waals surface area contributed by atoms with Crippen molar-refractivity contribution < 1.29 is 4.42 Å². The minimum Gasteiger partial charge on any atom is -0.448 e. The monoisotopic (exact) mass is 220 g/mol. The Kier molecular flexibility index (Phi) is 3.83. The fourth-order valence-corrected chi connectivity index (χ4v) is 2.18. The van der Waals surface area contributed by atoms with Gasteiger partial charge in [-0.2, -0.15) is 0 Å². The fraction of sp³-hybridized carbons (Fsp3) is 0.727. The van der Waals surface area contributed by atoms with Gasteiger partial charge in [0.15, 0.2) is 5.89 Å². The Hall–Kier alpha value is -1.48. The molecule has 1 aromatic heterocycles. The molecule has 1 aliphatic carbocycles. The van der Waals surface area contributed by atoms with E-state index in [9.17, 15) is 0 Å². The van der Waals surface area contributed by atoms with E-state index in [0.717, 1.165) is 11.6 Å². The normalized spacial score (nSPS) is 17.0. The van der Waals surface area contributed by atoms with Gasteiger partial charge in [0.05, 0.1) is 5.69 Å². The first-order valence-electron chi connectivity index (χ1n) is 5.85. The van der Waals surface area contributed by atoms with Crippen LogP contribution in [0.1, 0.15) is 49.6 Å². The first-order chi connectivity index (χ1) is 7.90. The van der Waals surface area contributed by atoms with Crippen LogP contribution in [0.4, 0.5) is 0 Å². The highest BCUT2D eigenvalue weighted by Gasteiger charge is 2.19. The molecule has 1 aliphatic rings. The predicted octanol–water partition coefficient (Wildman–Crippen LogP) is 3.58. The third-order valence-electron chi connectivity index (χ3n) is 3.06. The number of nitrogens with zero attached hydrogens (tertiary/aromatic N) is 4. The number of oxazole rings is 1. The molecule has 0 spiro atoms. The van der Waals surface area contributed by atoms with Gasteiger partial charge in [-0.3, -0.25) is 0 Å². The minimum absolute atomic E-state index is 0.452. The molecular formula is C11H16N4O. The third kappa shape index (κ3) is 2.76. The summed E-state index contributed by atoms with van der Waals surface area (Å²) in [5.41, 5.74) is 9.06. The summed E-state index contributed by atoms with van der Waals surface area (Å²) in [4.78, 5) is 7.17. The molecule has 0 radical (unpaired) electrons. The lowest BCUT2D eigenvalue weighted by atomic mass is 9.89. The van der Waals surface area contributed by atoms with Gasteiger partial charge in [-0.1, -0.05) is 24.4 Å². The van der Waals surface area contributed by atoms with Gasteiger partial charge in [-0.15, -0.1) is 0 Å². The maximum absolute atomic E-state index is 8.17. The van der Waals surface area contributed by atoms with Gasteiger partial charge >= 0.3 is 0 Å². The Bertz CT molecular complexity index is 375. The quantitative estimate of drug-likeness (QED) is 0.442. The van der Waals surface area contributed by atoms with Gasteiger partial charge in [-0.05, 0) is 24.8 Å². The summed E-state index contributed by atoms with van der Waals surface area (Å²) in [6, 6.07) is 0. The average molecular weight is 220 g/mol. The molecule has 0 N–H and O–H groups in total. The predicted molar refractivity (Wildman–Crippen MR) is 60.0 cm³/mol. The van der Waals surface area contributed by atoms with E-state index in [0.29, 0.717) is 18.9 Å². The van der Waals surface area contributed by atoms with Gasteiger partial charge in [-0.25, -0.2) is 4.98 Å². The van der Waals surface area contributed by atoms with Crippen LogP contribution in [0, 0.1) is 0 Å². The molecule has 1 heterocycles. The van der Waals surface area contributed by atoms with Gasteiger partial charge in [0.1, 0.15) is 6.26 Å². The standard InChI is InChI=1S/C11H16N4O/c12-15-13-7-6-10-8-16-11(14-10)9-4-2-1-3-5-9/h8-9H,1-7H2. The molecule has 1 saturated carbocycles. The van der Waals surface area contributed by atoms with Crippen molar-refractivity contribution in [1.29, 1.82) is 0 Å². The zero-order valence-corrected chi connectivity index (χ0v) is 9.30. The number of hydrogen-bond donors (Lipinski definition) is 0. The van der Waals surface area contributed by atoms with Crippen molar-refractivity contribution in [2.75, 3.05) is 6.54 Å². The van der Waals surface area contributed by atoms with Crippen molar-refractivity contribution in [3.63, 3.8) is 0 Å². The van der Waals surface area contributed by atoms with Crippen LogP contribution in [0.2, 0.25) is 0 Å². The Morgan fingerprint density at radius 3 is 3.00 bits per heavy atom. The molecule has 2 rings (SSSR count). The zero-order valence-electron chi connectivity index (χ0n) is 9.30. The Balaban J connectivity index is 1.92. The first kappa shape index (κ1) is 11.0. The smallest absolute Gasteiger partial charge is 0.197 e. The van der Waals surface area contributed by atoms with E-state index in [1.165, 1.54) is 32.1 Å². The molecule has 5 heteroatoms. The summed E-state index contributed by atoms with van der Waals surface area (Å²) in [6.07, 6.45) is 8.63. The molecule has 0 aliphatic heterocycles. The van der Waals surface area contributed by atoms with Crippen molar-refractivity contribution >= 4 is 0 Å². The van der Waals surface area contributed by atoms with Crippen LogP contribution in [0.25, 0.3) is 10.4 Å². The average Bonchev–Trinajstić information content (AvgIpc) is 2.79. The van der Waals surface area contributed by atoms with Crippen LogP contribution in [0.3, 0.4) is 0 Å². The minimum atomic E-state index is 0.452. The lowest BCUT2D eigenvalue weighted by Crippen LogP contribution is -2.05. The second kappa shape index (κ2) is 5.56. The van der Waals surface area contributed by atoms with E-state index in [-0.39, 0.29) is 0 Å². The molecule has 0 bridgehead atoms. The maximum Gasteiger partial charge on any atom is 0.197 e. The SMILES string of the molecule is [N-]=[N+]=NCCc1coc(C2CCCCC2)n1. The molecule has 0 aromatic carbocycles. The van der Waals surface area contributed by atoms with Crippen molar-refractivity contribution in [3.8, 4) is 0 Å². The van der Waals surface area contributed by atoms with Gasteiger partial charge in [0, 0.05) is 17.4 Å². The number of azide groups is 1. The Morgan fingerprint density at radius 1 is 1.44 bits per heavy atom. The molecule has 16 heavy (non-hydrogen) atoms. The van der Waals surface area contributed by atoms with Crippen molar-refractivity contribution in [2.24, 2.45) is 5.11 Å². The summed E-state index contributed by atoms with van der Waals surface area (Å²) in [7, 11) is 0. The highest BCUT2D eigenvalue weighted by molar-refractivity contribution is 5.02. The number of hydrogen-bond acceptors (Lipinski definition) is 3.